The van der Waals surface area contributed by atoms with Gasteiger partial charge in [-0.1, -0.05) is 41.9 Å². The van der Waals surface area contributed by atoms with Crippen LogP contribution in [0.15, 0.2) is 48.5 Å². The number of anilines is 1. The summed E-state index contributed by atoms with van der Waals surface area (Å²) in [5, 5.41) is 6.41. The zero-order valence-corrected chi connectivity index (χ0v) is 14.5. The number of hydrogen-bond acceptors (Lipinski definition) is 3. The molecule has 128 valence electrons. The Balaban J connectivity index is 2.07. The van der Waals surface area contributed by atoms with Crippen molar-refractivity contribution in [2.45, 2.75) is 12.6 Å². The molecule has 0 aliphatic rings. The zero-order chi connectivity index (χ0) is 17.4. The topological polar surface area (TPSA) is 59.6 Å². The summed E-state index contributed by atoms with van der Waals surface area (Å²) in [6.07, 6.45) is 0. The summed E-state index contributed by atoms with van der Waals surface area (Å²) < 4.78 is 10.4. The quantitative estimate of drug-likeness (QED) is 0.795. The van der Waals surface area contributed by atoms with E-state index in [1.165, 1.54) is 0 Å². The predicted octanol–water partition coefficient (Wildman–Crippen LogP) is 4.00. The molecule has 1 atom stereocenters. The predicted molar refractivity (Wildman–Crippen MR) is 95.4 cm³/mol. The molecule has 2 amide bonds. The fourth-order valence-electron chi connectivity index (χ4n) is 2.32. The van der Waals surface area contributed by atoms with Gasteiger partial charge in [-0.25, -0.2) is 4.79 Å². The molecule has 0 aliphatic carbocycles. The van der Waals surface area contributed by atoms with Crippen molar-refractivity contribution in [2.24, 2.45) is 0 Å². The lowest BCUT2D eigenvalue weighted by atomic mass is 10.1. The van der Waals surface area contributed by atoms with Gasteiger partial charge >= 0.3 is 6.03 Å². The summed E-state index contributed by atoms with van der Waals surface area (Å²) in [4.78, 5) is 12.3. The van der Waals surface area contributed by atoms with E-state index in [0.29, 0.717) is 23.9 Å². The number of halogens is 1. The molecule has 2 N–H and O–H groups in total. The molecule has 0 aromatic heterocycles. The minimum atomic E-state index is -0.310. The van der Waals surface area contributed by atoms with Gasteiger partial charge in [0.05, 0.1) is 19.3 Å². The maximum atomic E-state index is 12.3. The molecule has 2 aromatic rings. The van der Waals surface area contributed by atoms with E-state index in [4.69, 9.17) is 21.1 Å². The molecule has 2 aromatic carbocycles. The summed E-state index contributed by atoms with van der Waals surface area (Å²) in [5.74, 6) is 0. The van der Waals surface area contributed by atoms with E-state index in [2.05, 4.69) is 10.6 Å². The van der Waals surface area contributed by atoms with Gasteiger partial charge in [0.15, 0.2) is 0 Å². The van der Waals surface area contributed by atoms with Crippen LogP contribution in [0.2, 0.25) is 5.02 Å². The van der Waals surface area contributed by atoms with E-state index < -0.39 is 0 Å². The van der Waals surface area contributed by atoms with Gasteiger partial charge in [-0.3, -0.25) is 0 Å². The van der Waals surface area contributed by atoms with Gasteiger partial charge in [0.2, 0.25) is 0 Å². The molecule has 0 heterocycles. The fourth-order valence-corrected chi connectivity index (χ4v) is 2.45. The van der Waals surface area contributed by atoms with Gasteiger partial charge in [-0.2, -0.15) is 0 Å². The number of para-hydroxylation sites is 1. The van der Waals surface area contributed by atoms with Gasteiger partial charge in [-0.15, -0.1) is 0 Å². The van der Waals surface area contributed by atoms with Crippen molar-refractivity contribution in [3.63, 3.8) is 0 Å². The third kappa shape index (κ3) is 5.23. The van der Waals surface area contributed by atoms with Crippen molar-refractivity contribution in [3.8, 4) is 0 Å². The first-order valence-corrected chi connectivity index (χ1v) is 7.90. The van der Waals surface area contributed by atoms with Gasteiger partial charge in [0, 0.05) is 30.5 Å². The van der Waals surface area contributed by atoms with Crippen LogP contribution in [0.3, 0.4) is 0 Å². The monoisotopic (exact) mass is 348 g/mol. The Morgan fingerprint density at radius 1 is 1.08 bits per heavy atom. The zero-order valence-electron chi connectivity index (χ0n) is 13.7. The Kier molecular flexibility index (Phi) is 7.06. The van der Waals surface area contributed by atoms with Gasteiger partial charge in [0.1, 0.15) is 0 Å². The highest BCUT2D eigenvalue weighted by atomic mass is 35.5. The summed E-state index contributed by atoms with van der Waals surface area (Å²) in [5.41, 5.74) is 2.54. The molecule has 24 heavy (non-hydrogen) atoms. The maximum absolute atomic E-state index is 12.3. The van der Waals surface area contributed by atoms with Gasteiger partial charge in [-0.05, 0) is 23.8 Å². The number of nitrogens with one attached hydrogen (secondary N) is 2. The van der Waals surface area contributed by atoms with E-state index in [1.54, 1.807) is 26.4 Å². The molecule has 5 nitrogen and oxygen atoms in total. The second kappa shape index (κ2) is 9.27. The Morgan fingerprint density at radius 2 is 1.79 bits per heavy atom. The highest BCUT2D eigenvalue weighted by Crippen LogP contribution is 2.19. The van der Waals surface area contributed by atoms with Crippen LogP contribution < -0.4 is 10.6 Å². The van der Waals surface area contributed by atoms with Crippen molar-refractivity contribution < 1.29 is 14.3 Å². The van der Waals surface area contributed by atoms with Crippen LogP contribution in [-0.4, -0.2) is 26.9 Å². The molecule has 0 fully saturated rings. The molecular weight excluding hydrogens is 328 g/mol. The molecule has 0 unspecified atom stereocenters. The van der Waals surface area contributed by atoms with Crippen LogP contribution >= 0.6 is 11.6 Å². The number of ether oxygens (including phenoxy) is 2. The van der Waals surface area contributed by atoms with Crippen LogP contribution in [0, 0.1) is 0 Å². The Labute approximate surface area is 146 Å². The summed E-state index contributed by atoms with van der Waals surface area (Å²) in [6.45, 7) is 0.782. The first-order chi connectivity index (χ1) is 11.6. The number of carbonyl (C=O) groups excluding carboxylic acids is 1. The SMILES string of the molecule is COCc1ccccc1NC(=O)N[C@@H](COC)c1ccc(Cl)cc1. The average molecular weight is 349 g/mol. The molecule has 2 rings (SSSR count). The lowest BCUT2D eigenvalue weighted by molar-refractivity contribution is 0.168. The van der Waals surface area contributed by atoms with Crippen LogP contribution in [0.1, 0.15) is 17.2 Å². The molecule has 6 heteroatoms. The van der Waals surface area contributed by atoms with Gasteiger partial charge in [0.25, 0.3) is 0 Å². The summed E-state index contributed by atoms with van der Waals surface area (Å²) in [7, 11) is 3.21. The summed E-state index contributed by atoms with van der Waals surface area (Å²) in [6, 6.07) is 14.2. The standard InChI is InChI=1S/C18H21ClN2O3/c1-23-11-14-5-3-4-6-16(14)20-18(22)21-17(12-24-2)13-7-9-15(19)10-8-13/h3-10,17H,11-12H2,1-2H3,(H2,20,21,22)/t17-/m0/s1. The second-order valence-corrected chi connectivity index (χ2v) is 5.68. The van der Waals surface area contributed by atoms with Crippen molar-refractivity contribution in [1.29, 1.82) is 0 Å². The number of benzene rings is 2. The minimum Gasteiger partial charge on any atom is -0.382 e. The molecular formula is C18H21ClN2O3. The van der Waals surface area contributed by atoms with E-state index >= 15 is 0 Å². The van der Waals surface area contributed by atoms with E-state index in [0.717, 1.165) is 11.1 Å². The number of methoxy groups -OCH3 is 2. The first-order valence-electron chi connectivity index (χ1n) is 7.52. The van der Waals surface area contributed by atoms with E-state index in [1.807, 2.05) is 36.4 Å². The largest absolute Gasteiger partial charge is 0.382 e. The molecule has 0 saturated heterocycles. The third-order valence-corrected chi connectivity index (χ3v) is 3.73. The summed E-state index contributed by atoms with van der Waals surface area (Å²) >= 11 is 5.91. The highest BCUT2D eigenvalue weighted by Gasteiger charge is 2.15. The van der Waals surface area contributed by atoms with Crippen LogP contribution in [0.4, 0.5) is 10.5 Å². The van der Waals surface area contributed by atoms with Crippen molar-refractivity contribution >= 4 is 23.3 Å². The maximum Gasteiger partial charge on any atom is 0.319 e. The number of hydrogen-bond donors (Lipinski definition) is 2. The Morgan fingerprint density at radius 3 is 2.46 bits per heavy atom. The molecule has 0 spiro atoms. The van der Waals surface area contributed by atoms with Gasteiger partial charge < -0.3 is 20.1 Å². The number of rotatable bonds is 7. The van der Waals surface area contributed by atoms with Crippen molar-refractivity contribution in [1.82, 2.24) is 5.32 Å². The molecule has 0 bridgehead atoms. The molecule has 0 aliphatic heterocycles. The van der Waals surface area contributed by atoms with E-state index in [9.17, 15) is 4.79 Å². The molecule has 0 radical (unpaired) electrons. The van der Waals surface area contributed by atoms with Crippen molar-refractivity contribution in [3.05, 3.63) is 64.7 Å². The minimum absolute atomic E-state index is 0.276. The van der Waals surface area contributed by atoms with Crippen molar-refractivity contribution in [2.75, 3.05) is 26.1 Å². The third-order valence-electron chi connectivity index (χ3n) is 3.48. The fraction of sp³-hybridized carbons (Fsp3) is 0.278. The lowest BCUT2D eigenvalue weighted by Crippen LogP contribution is -2.35. The highest BCUT2D eigenvalue weighted by molar-refractivity contribution is 6.30. The Bertz CT molecular complexity index is 662. The van der Waals surface area contributed by atoms with E-state index in [-0.39, 0.29) is 12.1 Å². The number of urea groups is 1. The smallest absolute Gasteiger partial charge is 0.319 e. The van der Waals surface area contributed by atoms with Crippen LogP contribution in [-0.2, 0) is 16.1 Å². The normalized spacial score (nSPS) is 11.8. The first kappa shape index (κ1) is 18.3. The number of carbonyl (C=O) groups is 1. The average Bonchev–Trinajstić information content (AvgIpc) is 2.57. The van der Waals surface area contributed by atoms with Crippen LogP contribution in [0.5, 0.6) is 0 Å². The van der Waals surface area contributed by atoms with Crippen LogP contribution in [0.25, 0.3) is 0 Å². The second-order valence-electron chi connectivity index (χ2n) is 5.25. The Hall–Kier alpha value is -2.08. The number of amides is 2. The lowest BCUT2D eigenvalue weighted by Gasteiger charge is -2.19. The molecule has 0 saturated carbocycles.